The van der Waals surface area contributed by atoms with Gasteiger partial charge in [-0.05, 0) is 137 Å². The second-order valence-electron chi connectivity index (χ2n) is 17.7. The number of guanidine groups is 1. The Hall–Kier alpha value is -6.01. The Kier molecular flexibility index (Phi) is 16.2. The van der Waals surface area contributed by atoms with Crippen LogP contribution >= 0.6 is 0 Å². The number of amides is 3. The van der Waals surface area contributed by atoms with Crippen molar-refractivity contribution in [2.75, 3.05) is 0 Å². The van der Waals surface area contributed by atoms with Crippen molar-refractivity contribution < 1.29 is 56.1 Å². The molecule has 0 heterocycles. The second-order valence-corrected chi connectivity index (χ2v) is 19.3. The summed E-state index contributed by atoms with van der Waals surface area (Å²) < 4.78 is 57.8. The van der Waals surface area contributed by atoms with Gasteiger partial charge in [0.25, 0.3) is 0 Å². The molecule has 61 heavy (non-hydrogen) atoms. The van der Waals surface area contributed by atoms with Gasteiger partial charge < -0.3 is 23.7 Å². The molecule has 0 aromatic heterocycles. The molecule has 0 fully saturated rings. The maximum absolute atomic E-state index is 14.0. The summed E-state index contributed by atoms with van der Waals surface area (Å²) in [6, 6.07) is 18.8. The molecule has 3 aromatic carbocycles. The SMILES string of the molecule is CC(C)(C)OC(=O)NC(=Nc1ccc(C(=O)Oc2ccc(CN(C(=O)OC(C)(C)C)S(=O)(=O)NC(Cc3ccccc3)C(=O)OC(C)(C)C)cc2)cc1)NC(=O)OC(C)(C)C. The van der Waals surface area contributed by atoms with Gasteiger partial charge in [0.15, 0.2) is 0 Å². The highest BCUT2D eigenvalue weighted by atomic mass is 32.2. The molecule has 0 aliphatic heterocycles. The van der Waals surface area contributed by atoms with E-state index in [0.29, 0.717) is 15.4 Å². The quantitative estimate of drug-likeness (QED) is 0.0562. The van der Waals surface area contributed by atoms with Crippen molar-refractivity contribution in [3.63, 3.8) is 0 Å². The minimum absolute atomic E-state index is 0.0647. The summed E-state index contributed by atoms with van der Waals surface area (Å²) in [5, 5.41) is 4.76. The van der Waals surface area contributed by atoms with Crippen molar-refractivity contribution in [2.24, 2.45) is 4.99 Å². The third-order valence-electron chi connectivity index (χ3n) is 7.20. The van der Waals surface area contributed by atoms with Crippen LogP contribution in [-0.4, -0.2) is 77.3 Å². The summed E-state index contributed by atoms with van der Waals surface area (Å²) in [6.07, 6.45) is -3.02. The number of hydrogen-bond acceptors (Lipinski definition) is 13. The Morgan fingerprint density at radius 2 is 1.11 bits per heavy atom. The van der Waals surface area contributed by atoms with E-state index < -0.39 is 75.4 Å². The molecule has 0 saturated carbocycles. The number of rotatable bonds is 11. The molecular weight excluding hydrogens is 811 g/mol. The molecule has 0 spiro atoms. The number of alkyl carbamates (subject to hydrolysis) is 2. The van der Waals surface area contributed by atoms with Crippen LogP contribution in [0.4, 0.5) is 20.1 Å². The Morgan fingerprint density at radius 3 is 1.59 bits per heavy atom. The van der Waals surface area contributed by atoms with Crippen LogP contribution in [-0.2, 0) is 46.9 Å². The van der Waals surface area contributed by atoms with Crippen LogP contribution < -0.4 is 20.1 Å². The van der Waals surface area contributed by atoms with Crippen molar-refractivity contribution in [1.29, 1.82) is 0 Å². The molecule has 0 bridgehead atoms. The number of hydrogen-bond donors (Lipinski definition) is 3. The zero-order valence-corrected chi connectivity index (χ0v) is 37.5. The molecule has 3 N–H and O–H groups in total. The first-order valence-corrected chi connectivity index (χ1v) is 20.7. The van der Waals surface area contributed by atoms with Gasteiger partial charge in [0, 0.05) is 0 Å². The van der Waals surface area contributed by atoms with Gasteiger partial charge in [-0.3, -0.25) is 15.4 Å². The lowest BCUT2D eigenvalue weighted by molar-refractivity contribution is -0.157. The topological polar surface area (TPSA) is 217 Å². The average molecular weight is 868 g/mol. The Bertz CT molecular complexity index is 2120. The highest BCUT2D eigenvalue weighted by Gasteiger charge is 2.37. The monoisotopic (exact) mass is 867 g/mol. The van der Waals surface area contributed by atoms with Crippen LogP contribution in [0, 0.1) is 0 Å². The van der Waals surface area contributed by atoms with Gasteiger partial charge in [0.1, 0.15) is 34.2 Å². The first-order chi connectivity index (χ1) is 28.0. The van der Waals surface area contributed by atoms with Crippen molar-refractivity contribution >= 4 is 52.1 Å². The Morgan fingerprint density at radius 1 is 0.623 bits per heavy atom. The Labute approximate surface area is 357 Å². The smallest absolute Gasteiger partial charge is 0.425 e. The van der Waals surface area contributed by atoms with E-state index in [4.69, 9.17) is 23.7 Å². The van der Waals surface area contributed by atoms with E-state index in [1.807, 2.05) is 0 Å². The molecule has 332 valence electrons. The lowest BCUT2D eigenvalue weighted by atomic mass is 10.1. The number of nitrogens with one attached hydrogen (secondary N) is 3. The molecule has 18 heteroatoms. The lowest BCUT2D eigenvalue weighted by Crippen LogP contribution is -2.52. The number of aliphatic imine (C=N–C) groups is 1. The molecule has 3 amide bonds. The highest BCUT2D eigenvalue weighted by Crippen LogP contribution is 2.22. The first-order valence-electron chi connectivity index (χ1n) is 19.3. The van der Waals surface area contributed by atoms with Crippen LogP contribution in [0.5, 0.6) is 5.75 Å². The van der Waals surface area contributed by atoms with Crippen molar-refractivity contribution in [3.8, 4) is 5.75 Å². The third-order valence-corrected chi connectivity index (χ3v) is 8.64. The summed E-state index contributed by atoms with van der Waals surface area (Å²) in [5.41, 5.74) is -2.36. The predicted octanol–water partition coefficient (Wildman–Crippen LogP) is 7.47. The molecule has 1 atom stereocenters. The maximum atomic E-state index is 14.0. The van der Waals surface area contributed by atoms with Gasteiger partial charge in [-0.25, -0.2) is 24.2 Å². The zero-order chi connectivity index (χ0) is 46.0. The summed E-state index contributed by atoms with van der Waals surface area (Å²) in [5.74, 6) is -1.79. The zero-order valence-electron chi connectivity index (χ0n) is 36.7. The predicted molar refractivity (Wildman–Crippen MR) is 227 cm³/mol. The minimum Gasteiger partial charge on any atom is -0.459 e. The maximum Gasteiger partial charge on any atom is 0.425 e. The molecule has 0 saturated heterocycles. The number of nitrogens with zero attached hydrogens (tertiary/aromatic N) is 2. The largest absolute Gasteiger partial charge is 0.459 e. The normalized spacial score (nSPS) is 12.5. The first kappa shape index (κ1) is 49.4. The van der Waals surface area contributed by atoms with Crippen LogP contribution in [0.3, 0.4) is 0 Å². The molecule has 0 aliphatic rings. The minimum atomic E-state index is -4.76. The standard InChI is InChI=1S/C43H57N5O12S/c1-40(2,3)57-35(50)33(26-28-16-14-13-15-17-28)47-61(54,55)48(39(53)60-43(10,11)12)27-29-18-24-32(25-19-29)56-34(49)30-20-22-31(23-21-30)44-36(45-37(51)58-41(4,5)6)46-38(52)59-42(7,8)9/h13-25,33,47H,26-27H2,1-12H3,(H2,44,45,46,51,52). The van der Waals surface area contributed by atoms with Gasteiger partial charge in [0.2, 0.25) is 5.96 Å². The van der Waals surface area contributed by atoms with E-state index in [0.717, 1.165) is 0 Å². The fourth-order valence-electron chi connectivity index (χ4n) is 4.88. The van der Waals surface area contributed by atoms with Gasteiger partial charge in [-0.2, -0.15) is 17.4 Å². The fourth-order valence-corrected chi connectivity index (χ4v) is 6.10. The van der Waals surface area contributed by atoms with Crippen LogP contribution in [0.1, 0.15) is 105 Å². The van der Waals surface area contributed by atoms with Crippen molar-refractivity contribution in [3.05, 3.63) is 95.6 Å². The van der Waals surface area contributed by atoms with E-state index >= 15 is 0 Å². The van der Waals surface area contributed by atoms with E-state index in [1.165, 1.54) is 48.5 Å². The second kappa shape index (κ2) is 20.0. The lowest BCUT2D eigenvalue weighted by Gasteiger charge is -2.29. The summed E-state index contributed by atoms with van der Waals surface area (Å²) in [4.78, 5) is 69.0. The number of ether oxygens (including phenoxy) is 5. The number of esters is 2. The van der Waals surface area contributed by atoms with Crippen LogP contribution in [0.15, 0.2) is 83.9 Å². The number of carbonyl (C=O) groups is 5. The summed E-state index contributed by atoms with van der Waals surface area (Å²) >= 11 is 0. The van der Waals surface area contributed by atoms with E-state index in [9.17, 15) is 32.4 Å². The highest BCUT2D eigenvalue weighted by molar-refractivity contribution is 7.87. The average Bonchev–Trinajstić information content (AvgIpc) is 3.08. The van der Waals surface area contributed by atoms with Crippen molar-refractivity contribution in [2.45, 2.75) is 124 Å². The van der Waals surface area contributed by atoms with E-state index in [-0.39, 0.29) is 29.4 Å². The Balaban J connectivity index is 1.81. The van der Waals surface area contributed by atoms with Gasteiger partial charge in [-0.15, -0.1) is 0 Å². The molecule has 3 aromatic rings. The van der Waals surface area contributed by atoms with Gasteiger partial charge >= 0.3 is 40.4 Å². The van der Waals surface area contributed by atoms with E-state index in [1.54, 1.807) is 113 Å². The van der Waals surface area contributed by atoms with Crippen molar-refractivity contribution in [1.82, 2.24) is 19.7 Å². The fraction of sp³-hybridized carbons (Fsp3) is 0.442. The van der Waals surface area contributed by atoms with Gasteiger partial charge in [0.05, 0.1) is 17.8 Å². The molecule has 0 radical (unpaired) electrons. The molecule has 1 unspecified atom stereocenters. The molecule has 17 nitrogen and oxygen atoms in total. The van der Waals surface area contributed by atoms with Crippen LogP contribution in [0.25, 0.3) is 0 Å². The molecule has 0 aliphatic carbocycles. The summed E-state index contributed by atoms with van der Waals surface area (Å²) in [6.45, 7) is 19.2. The van der Waals surface area contributed by atoms with E-state index in [2.05, 4.69) is 20.3 Å². The molecular formula is C43H57N5O12S. The van der Waals surface area contributed by atoms with Crippen LogP contribution in [0.2, 0.25) is 0 Å². The number of benzene rings is 3. The summed E-state index contributed by atoms with van der Waals surface area (Å²) in [7, 11) is -4.76. The number of carbonyl (C=O) groups excluding carboxylic acids is 5. The third kappa shape index (κ3) is 18.4. The van der Waals surface area contributed by atoms with Gasteiger partial charge in [-0.1, -0.05) is 42.5 Å². The molecule has 3 rings (SSSR count).